The standard InChI is InChI=1S/C16H20N2O2S/c1-11(21-13-6-4-3-5-7-13)10-18-14(19)16(2,12-8-9-12)17-15(18)20/h3-7,11-12H,8-10H2,1-2H3,(H,17,20)/t11-,16+/m0/s1. The van der Waals surface area contributed by atoms with Gasteiger partial charge >= 0.3 is 6.03 Å². The summed E-state index contributed by atoms with van der Waals surface area (Å²) in [6.07, 6.45) is 2.06. The summed E-state index contributed by atoms with van der Waals surface area (Å²) < 4.78 is 0. The van der Waals surface area contributed by atoms with Gasteiger partial charge in [0.15, 0.2) is 0 Å². The van der Waals surface area contributed by atoms with E-state index in [-0.39, 0.29) is 17.2 Å². The number of thioether (sulfide) groups is 1. The van der Waals surface area contributed by atoms with Gasteiger partial charge in [-0.3, -0.25) is 9.69 Å². The zero-order chi connectivity index (χ0) is 15.0. The zero-order valence-corrected chi connectivity index (χ0v) is 13.2. The van der Waals surface area contributed by atoms with Crippen molar-refractivity contribution in [3.05, 3.63) is 30.3 Å². The zero-order valence-electron chi connectivity index (χ0n) is 12.3. The smallest absolute Gasteiger partial charge is 0.323 e. The summed E-state index contributed by atoms with van der Waals surface area (Å²) in [5, 5.41) is 3.06. The molecule has 0 spiro atoms. The van der Waals surface area contributed by atoms with Crippen molar-refractivity contribution in [1.29, 1.82) is 0 Å². The lowest BCUT2D eigenvalue weighted by atomic mass is 9.96. The second-order valence-corrected chi connectivity index (χ2v) is 7.58. The van der Waals surface area contributed by atoms with Crippen molar-refractivity contribution in [2.75, 3.05) is 6.54 Å². The molecule has 112 valence electrons. The van der Waals surface area contributed by atoms with Crippen molar-refractivity contribution < 1.29 is 9.59 Å². The van der Waals surface area contributed by atoms with Crippen LogP contribution in [0.4, 0.5) is 4.79 Å². The number of urea groups is 1. The molecule has 1 aliphatic carbocycles. The third-order valence-electron chi connectivity index (χ3n) is 4.22. The number of hydrogen-bond donors (Lipinski definition) is 1. The Morgan fingerprint density at radius 3 is 2.62 bits per heavy atom. The molecule has 3 amide bonds. The van der Waals surface area contributed by atoms with Crippen LogP contribution in [0.15, 0.2) is 35.2 Å². The molecule has 4 nitrogen and oxygen atoms in total. The van der Waals surface area contributed by atoms with Gasteiger partial charge in [0.1, 0.15) is 5.54 Å². The molecule has 1 heterocycles. The molecule has 3 rings (SSSR count). The summed E-state index contributed by atoms with van der Waals surface area (Å²) >= 11 is 1.68. The van der Waals surface area contributed by atoms with Gasteiger partial charge in [0.05, 0.1) is 0 Å². The van der Waals surface area contributed by atoms with Crippen LogP contribution >= 0.6 is 11.8 Å². The van der Waals surface area contributed by atoms with Crippen LogP contribution in [0.3, 0.4) is 0 Å². The highest BCUT2D eigenvalue weighted by Crippen LogP contribution is 2.42. The first-order valence-electron chi connectivity index (χ1n) is 7.36. The number of carbonyl (C=O) groups excluding carboxylic acids is 2. The number of rotatable bonds is 5. The Kier molecular flexibility index (Phi) is 3.69. The summed E-state index contributed by atoms with van der Waals surface area (Å²) in [5.74, 6) is 0.256. The summed E-state index contributed by atoms with van der Waals surface area (Å²) in [7, 11) is 0. The molecule has 0 radical (unpaired) electrons. The van der Waals surface area contributed by atoms with Crippen molar-refractivity contribution in [2.45, 2.75) is 42.4 Å². The lowest BCUT2D eigenvalue weighted by Gasteiger charge is -2.22. The summed E-state index contributed by atoms with van der Waals surface area (Å²) in [6, 6.07) is 9.81. The Balaban J connectivity index is 1.64. The van der Waals surface area contributed by atoms with Gasteiger partial charge in [-0.05, 0) is 37.8 Å². The van der Waals surface area contributed by atoms with Crippen LogP contribution in [0, 0.1) is 5.92 Å². The molecule has 5 heteroatoms. The summed E-state index contributed by atoms with van der Waals surface area (Å²) in [5.41, 5.74) is -0.672. The molecule has 0 aromatic heterocycles. The molecule has 2 aliphatic rings. The Morgan fingerprint density at radius 1 is 1.33 bits per heavy atom. The van der Waals surface area contributed by atoms with E-state index in [9.17, 15) is 9.59 Å². The monoisotopic (exact) mass is 304 g/mol. The number of benzene rings is 1. The van der Waals surface area contributed by atoms with E-state index in [0.29, 0.717) is 12.5 Å². The minimum Gasteiger partial charge on any atom is -0.323 e. The molecular weight excluding hydrogens is 284 g/mol. The number of imide groups is 1. The van der Waals surface area contributed by atoms with Crippen LogP contribution in [-0.4, -0.2) is 34.2 Å². The van der Waals surface area contributed by atoms with Crippen molar-refractivity contribution in [2.24, 2.45) is 5.92 Å². The average molecular weight is 304 g/mol. The van der Waals surface area contributed by atoms with E-state index in [2.05, 4.69) is 5.32 Å². The van der Waals surface area contributed by atoms with Gasteiger partial charge in [-0.2, -0.15) is 0 Å². The molecule has 1 aromatic carbocycles. The van der Waals surface area contributed by atoms with E-state index in [1.807, 2.05) is 44.2 Å². The fourth-order valence-electron chi connectivity index (χ4n) is 2.84. The van der Waals surface area contributed by atoms with Gasteiger partial charge < -0.3 is 5.32 Å². The maximum Gasteiger partial charge on any atom is 0.325 e. The number of carbonyl (C=O) groups is 2. The number of nitrogens with one attached hydrogen (secondary N) is 1. The normalized spacial score (nSPS) is 26.9. The molecular formula is C16H20N2O2S. The average Bonchev–Trinajstić information content (AvgIpc) is 3.26. The van der Waals surface area contributed by atoms with E-state index < -0.39 is 5.54 Å². The lowest BCUT2D eigenvalue weighted by molar-refractivity contribution is -0.131. The molecule has 0 bridgehead atoms. The van der Waals surface area contributed by atoms with E-state index in [1.165, 1.54) is 4.90 Å². The van der Waals surface area contributed by atoms with Gasteiger partial charge in [-0.25, -0.2) is 4.79 Å². The maximum atomic E-state index is 12.5. The van der Waals surface area contributed by atoms with Crippen LogP contribution in [0.2, 0.25) is 0 Å². The van der Waals surface area contributed by atoms with E-state index in [4.69, 9.17) is 0 Å². The first-order valence-corrected chi connectivity index (χ1v) is 8.24. The highest BCUT2D eigenvalue weighted by molar-refractivity contribution is 8.00. The predicted octanol–water partition coefficient (Wildman–Crippen LogP) is 2.89. The third kappa shape index (κ3) is 2.79. The first-order chi connectivity index (χ1) is 10.0. The molecule has 1 aliphatic heterocycles. The molecule has 1 saturated carbocycles. The molecule has 2 fully saturated rings. The molecule has 0 unspecified atom stereocenters. The van der Waals surface area contributed by atoms with Crippen LogP contribution < -0.4 is 5.32 Å². The lowest BCUT2D eigenvalue weighted by Crippen LogP contribution is -2.46. The quantitative estimate of drug-likeness (QED) is 0.672. The Labute approximate surface area is 129 Å². The van der Waals surface area contributed by atoms with Crippen molar-refractivity contribution in [3.63, 3.8) is 0 Å². The highest BCUT2D eigenvalue weighted by Gasteiger charge is 2.55. The van der Waals surface area contributed by atoms with Crippen LogP contribution in [0.25, 0.3) is 0 Å². The molecule has 1 N–H and O–H groups in total. The van der Waals surface area contributed by atoms with Crippen molar-refractivity contribution >= 4 is 23.7 Å². The topological polar surface area (TPSA) is 49.4 Å². The number of nitrogens with zero attached hydrogens (tertiary/aromatic N) is 1. The number of amides is 3. The van der Waals surface area contributed by atoms with Gasteiger partial charge in [-0.15, -0.1) is 11.8 Å². The van der Waals surface area contributed by atoms with Crippen LogP contribution in [-0.2, 0) is 4.79 Å². The van der Waals surface area contributed by atoms with Crippen LogP contribution in [0.5, 0.6) is 0 Å². The Bertz CT molecular complexity index is 559. The van der Waals surface area contributed by atoms with E-state index in [0.717, 1.165) is 17.7 Å². The summed E-state index contributed by atoms with van der Waals surface area (Å²) in [4.78, 5) is 27.2. The van der Waals surface area contributed by atoms with Gasteiger partial charge in [0, 0.05) is 16.7 Å². The molecule has 2 atom stereocenters. The first kappa shape index (κ1) is 14.4. The highest BCUT2D eigenvalue weighted by atomic mass is 32.2. The van der Waals surface area contributed by atoms with Crippen molar-refractivity contribution in [3.8, 4) is 0 Å². The fourth-order valence-corrected chi connectivity index (χ4v) is 3.85. The largest absolute Gasteiger partial charge is 0.325 e. The van der Waals surface area contributed by atoms with E-state index in [1.54, 1.807) is 11.8 Å². The van der Waals surface area contributed by atoms with Gasteiger partial charge in [0.25, 0.3) is 5.91 Å². The van der Waals surface area contributed by atoms with Gasteiger partial charge in [0.2, 0.25) is 0 Å². The molecule has 21 heavy (non-hydrogen) atoms. The second kappa shape index (κ2) is 5.37. The maximum absolute atomic E-state index is 12.5. The third-order valence-corrected chi connectivity index (χ3v) is 5.31. The Morgan fingerprint density at radius 2 is 2.00 bits per heavy atom. The summed E-state index contributed by atoms with van der Waals surface area (Å²) in [6.45, 7) is 4.36. The van der Waals surface area contributed by atoms with Crippen LogP contribution in [0.1, 0.15) is 26.7 Å². The minimum atomic E-state index is -0.672. The van der Waals surface area contributed by atoms with Gasteiger partial charge in [-0.1, -0.05) is 25.1 Å². The second-order valence-electron chi connectivity index (χ2n) is 6.06. The molecule has 1 aromatic rings. The SMILES string of the molecule is C[C@@H](CN1C(=O)N[C@](C)(C2CC2)C1=O)Sc1ccccc1. The van der Waals surface area contributed by atoms with Crippen molar-refractivity contribution in [1.82, 2.24) is 10.2 Å². The minimum absolute atomic E-state index is 0.0597. The molecule has 1 saturated heterocycles. The number of hydrogen-bond acceptors (Lipinski definition) is 3. The Hall–Kier alpha value is -1.49. The van der Waals surface area contributed by atoms with E-state index >= 15 is 0 Å². The fraction of sp³-hybridized carbons (Fsp3) is 0.500. The predicted molar refractivity (Wildman–Crippen MR) is 83.1 cm³/mol.